The van der Waals surface area contributed by atoms with Crippen LogP contribution in [-0.2, 0) is 4.79 Å². The molecule has 1 amide bonds. The topological polar surface area (TPSA) is 87.7 Å². The van der Waals surface area contributed by atoms with Crippen molar-refractivity contribution in [2.45, 2.75) is 19.3 Å². The van der Waals surface area contributed by atoms with Gasteiger partial charge in [0.25, 0.3) is 0 Å². The van der Waals surface area contributed by atoms with Crippen molar-refractivity contribution in [1.29, 1.82) is 0 Å². The van der Waals surface area contributed by atoms with Gasteiger partial charge in [-0.15, -0.1) is 0 Å². The number of carbonyl (C=O) groups excluding carboxylic acids is 1. The highest BCUT2D eigenvalue weighted by Crippen LogP contribution is 2.21. The molecule has 0 unspecified atom stereocenters. The lowest BCUT2D eigenvalue weighted by molar-refractivity contribution is -0.120. The zero-order chi connectivity index (χ0) is 11.1. The smallest absolute Gasteiger partial charge is 0.227 e. The van der Waals surface area contributed by atoms with E-state index in [4.69, 9.17) is 10.9 Å². The first-order valence-electron chi connectivity index (χ1n) is 5.03. The highest BCUT2D eigenvalue weighted by Gasteiger charge is 2.14. The standard InChI is InChI=1S/C9H17N3O2S/c10-8(12-14)5-9(13)11-6-7-1-3-15-4-2-7/h7,14H,1-6H2,(H2,10,12)(H,11,13). The van der Waals surface area contributed by atoms with Crippen LogP contribution >= 0.6 is 11.8 Å². The fourth-order valence-electron chi connectivity index (χ4n) is 1.47. The molecule has 0 aliphatic carbocycles. The molecule has 1 heterocycles. The van der Waals surface area contributed by atoms with Crippen LogP contribution in [0, 0.1) is 5.92 Å². The Morgan fingerprint density at radius 3 is 2.80 bits per heavy atom. The molecule has 1 saturated heterocycles. The van der Waals surface area contributed by atoms with Gasteiger partial charge in [0.2, 0.25) is 5.91 Å². The van der Waals surface area contributed by atoms with Gasteiger partial charge in [-0.2, -0.15) is 11.8 Å². The minimum absolute atomic E-state index is 0.0298. The number of amidine groups is 1. The van der Waals surface area contributed by atoms with E-state index in [1.165, 1.54) is 11.5 Å². The van der Waals surface area contributed by atoms with Crippen molar-refractivity contribution in [3.63, 3.8) is 0 Å². The predicted octanol–water partition coefficient (Wildman–Crippen LogP) is 0.382. The molecular formula is C9H17N3O2S. The lowest BCUT2D eigenvalue weighted by Crippen LogP contribution is -2.33. The molecule has 4 N–H and O–H groups in total. The molecule has 0 aromatic heterocycles. The Labute approximate surface area is 93.5 Å². The number of hydrogen-bond acceptors (Lipinski definition) is 4. The van der Waals surface area contributed by atoms with E-state index in [0.717, 1.165) is 12.8 Å². The van der Waals surface area contributed by atoms with Crippen molar-refractivity contribution in [3.05, 3.63) is 0 Å². The second-order valence-corrected chi connectivity index (χ2v) is 4.85. The third-order valence-electron chi connectivity index (χ3n) is 2.40. The Morgan fingerprint density at radius 2 is 2.20 bits per heavy atom. The summed E-state index contributed by atoms with van der Waals surface area (Å²) in [7, 11) is 0. The first-order chi connectivity index (χ1) is 7.22. The van der Waals surface area contributed by atoms with E-state index in [1.54, 1.807) is 0 Å². The third kappa shape index (κ3) is 4.92. The number of nitrogens with one attached hydrogen (secondary N) is 1. The van der Waals surface area contributed by atoms with Crippen LogP contribution in [0.5, 0.6) is 0 Å². The van der Waals surface area contributed by atoms with Crippen LogP contribution in [0.2, 0.25) is 0 Å². The first kappa shape index (κ1) is 12.2. The van der Waals surface area contributed by atoms with Crippen LogP contribution < -0.4 is 11.1 Å². The Bertz CT molecular complexity index is 240. The molecule has 0 radical (unpaired) electrons. The highest BCUT2D eigenvalue weighted by molar-refractivity contribution is 7.99. The average molecular weight is 231 g/mol. The number of rotatable bonds is 4. The molecule has 0 atom stereocenters. The van der Waals surface area contributed by atoms with Crippen LogP contribution in [0.25, 0.3) is 0 Å². The normalized spacial score (nSPS) is 18.8. The number of thioether (sulfide) groups is 1. The van der Waals surface area contributed by atoms with Crippen LogP contribution in [-0.4, -0.2) is 35.0 Å². The fourth-order valence-corrected chi connectivity index (χ4v) is 2.68. The lowest BCUT2D eigenvalue weighted by Gasteiger charge is -2.21. The van der Waals surface area contributed by atoms with Gasteiger partial charge in [-0.3, -0.25) is 4.79 Å². The summed E-state index contributed by atoms with van der Waals surface area (Å²) in [6.07, 6.45) is 2.29. The zero-order valence-corrected chi connectivity index (χ0v) is 9.42. The lowest BCUT2D eigenvalue weighted by atomic mass is 10.0. The summed E-state index contributed by atoms with van der Waals surface area (Å²) in [6.45, 7) is 0.706. The van der Waals surface area contributed by atoms with Crippen LogP contribution in [0.1, 0.15) is 19.3 Å². The average Bonchev–Trinajstić information content (AvgIpc) is 2.27. The fraction of sp³-hybridized carbons (Fsp3) is 0.778. The molecule has 1 fully saturated rings. The summed E-state index contributed by atoms with van der Waals surface area (Å²) in [5, 5.41) is 13.8. The Morgan fingerprint density at radius 1 is 1.53 bits per heavy atom. The second-order valence-electron chi connectivity index (χ2n) is 3.63. The van der Waals surface area contributed by atoms with Gasteiger partial charge in [0.1, 0.15) is 5.84 Å². The van der Waals surface area contributed by atoms with Crippen LogP contribution in [0.4, 0.5) is 0 Å². The molecule has 1 rings (SSSR count). The third-order valence-corrected chi connectivity index (χ3v) is 3.45. The van der Waals surface area contributed by atoms with Gasteiger partial charge >= 0.3 is 0 Å². The predicted molar refractivity (Wildman–Crippen MR) is 61.1 cm³/mol. The molecule has 86 valence electrons. The Kier molecular flexibility index (Phi) is 5.31. The van der Waals surface area contributed by atoms with E-state index in [1.807, 2.05) is 11.8 Å². The van der Waals surface area contributed by atoms with E-state index in [2.05, 4.69) is 10.5 Å². The Hall–Kier alpha value is -0.910. The van der Waals surface area contributed by atoms with Crippen molar-refractivity contribution < 1.29 is 10.0 Å². The molecule has 0 aromatic rings. The van der Waals surface area contributed by atoms with E-state index in [0.29, 0.717) is 12.5 Å². The Balaban J connectivity index is 2.15. The molecule has 0 bridgehead atoms. The summed E-state index contributed by atoms with van der Waals surface area (Å²) < 4.78 is 0. The second kappa shape index (κ2) is 6.55. The van der Waals surface area contributed by atoms with Gasteiger partial charge in [-0.1, -0.05) is 5.16 Å². The maximum absolute atomic E-state index is 11.3. The number of hydrogen-bond donors (Lipinski definition) is 3. The zero-order valence-electron chi connectivity index (χ0n) is 8.61. The van der Waals surface area contributed by atoms with Crippen molar-refractivity contribution in [3.8, 4) is 0 Å². The number of amides is 1. The number of oxime groups is 1. The van der Waals surface area contributed by atoms with E-state index in [9.17, 15) is 4.79 Å². The molecule has 15 heavy (non-hydrogen) atoms. The summed E-state index contributed by atoms with van der Waals surface area (Å²) in [4.78, 5) is 11.3. The number of nitrogens with two attached hydrogens (primary N) is 1. The van der Waals surface area contributed by atoms with Gasteiger partial charge < -0.3 is 16.3 Å². The van der Waals surface area contributed by atoms with Gasteiger partial charge in [-0.05, 0) is 30.3 Å². The number of carbonyl (C=O) groups is 1. The number of nitrogens with zero attached hydrogens (tertiary/aromatic N) is 1. The van der Waals surface area contributed by atoms with Crippen molar-refractivity contribution >= 4 is 23.5 Å². The first-order valence-corrected chi connectivity index (χ1v) is 6.18. The minimum Gasteiger partial charge on any atom is -0.409 e. The molecule has 1 aliphatic rings. The summed E-state index contributed by atoms with van der Waals surface area (Å²) in [5.41, 5.74) is 5.22. The highest BCUT2D eigenvalue weighted by atomic mass is 32.2. The maximum Gasteiger partial charge on any atom is 0.227 e. The molecule has 5 nitrogen and oxygen atoms in total. The van der Waals surface area contributed by atoms with Crippen LogP contribution in [0.15, 0.2) is 5.16 Å². The van der Waals surface area contributed by atoms with E-state index in [-0.39, 0.29) is 18.2 Å². The van der Waals surface area contributed by atoms with Gasteiger partial charge in [0.15, 0.2) is 0 Å². The van der Waals surface area contributed by atoms with Gasteiger partial charge in [0, 0.05) is 6.54 Å². The minimum atomic E-state index is -0.177. The molecule has 0 spiro atoms. The largest absolute Gasteiger partial charge is 0.409 e. The van der Waals surface area contributed by atoms with Crippen LogP contribution in [0.3, 0.4) is 0 Å². The SMILES string of the molecule is NC(CC(=O)NCC1CCSCC1)=NO. The molecular weight excluding hydrogens is 214 g/mol. The quantitative estimate of drug-likeness (QED) is 0.282. The molecule has 0 saturated carbocycles. The summed E-state index contributed by atoms with van der Waals surface area (Å²) >= 11 is 1.96. The monoisotopic (exact) mass is 231 g/mol. The summed E-state index contributed by atoms with van der Waals surface area (Å²) in [5.74, 6) is 2.72. The maximum atomic E-state index is 11.3. The van der Waals surface area contributed by atoms with Crippen molar-refractivity contribution in [2.24, 2.45) is 16.8 Å². The van der Waals surface area contributed by atoms with E-state index < -0.39 is 0 Å². The van der Waals surface area contributed by atoms with Gasteiger partial charge in [-0.25, -0.2) is 0 Å². The van der Waals surface area contributed by atoms with Crippen molar-refractivity contribution in [2.75, 3.05) is 18.1 Å². The molecule has 1 aliphatic heterocycles. The van der Waals surface area contributed by atoms with Crippen molar-refractivity contribution in [1.82, 2.24) is 5.32 Å². The summed E-state index contributed by atoms with van der Waals surface area (Å²) in [6, 6.07) is 0. The molecule has 0 aromatic carbocycles. The van der Waals surface area contributed by atoms with E-state index >= 15 is 0 Å². The molecule has 6 heteroatoms. The van der Waals surface area contributed by atoms with Gasteiger partial charge in [0.05, 0.1) is 6.42 Å².